The third-order valence-electron chi connectivity index (χ3n) is 4.16. The summed E-state index contributed by atoms with van der Waals surface area (Å²) < 4.78 is 5.05. The summed E-state index contributed by atoms with van der Waals surface area (Å²) in [6, 6.07) is -2.03. The lowest BCUT2D eigenvalue weighted by atomic mass is 10.1. The van der Waals surface area contributed by atoms with Gasteiger partial charge in [0.1, 0.15) is 12.1 Å². The first-order valence-electron chi connectivity index (χ1n) is 8.58. The highest BCUT2D eigenvalue weighted by atomic mass is 16.5. The Hall–Kier alpha value is -1.67. The quantitative estimate of drug-likeness (QED) is 0.380. The van der Waals surface area contributed by atoms with Gasteiger partial charge in [0.05, 0.1) is 12.6 Å². The number of carbonyl (C=O) groups is 3. The average Bonchev–Trinajstić information content (AvgIpc) is 3.03. The van der Waals surface area contributed by atoms with Crippen molar-refractivity contribution in [2.24, 2.45) is 5.73 Å². The number of esters is 1. The molecule has 0 aromatic carbocycles. The van der Waals surface area contributed by atoms with Gasteiger partial charge in [-0.05, 0) is 46.1 Å². The van der Waals surface area contributed by atoms with E-state index in [0.717, 1.165) is 12.8 Å². The van der Waals surface area contributed by atoms with Crippen LogP contribution in [0.5, 0.6) is 0 Å². The third kappa shape index (κ3) is 5.76. The van der Waals surface area contributed by atoms with Gasteiger partial charge in [-0.3, -0.25) is 14.9 Å². The molecule has 1 saturated heterocycles. The Labute approximate surface area is 142 Å². The molecular weight excluding hydrogens is 314 g/mol. The summed E-state index contributed by atoms with van der Waals surface area (Å²) in [7, 11) is 0. The van der Waals surface area contributed by atoms with Crippen LogP contribution in [-0.2, 0) is 19.1 Å². The largest absolute Gasteiger partial charge is 0.480 e. The fraction of sp³-hybridized carbons (Fsp3) is 0.812. The van der Waals surface area contributed by atoms with Gasteiger partial charge in [0.15, 0.2) is 0 Å². The molecule has 1 aliphatic heterocycles. The van der Waals surface area contributed by atoms with Crippen LogP contribution in [0, 0.1) is 0 Å². The zero-order valence-electron chi connectivity index (χ0n) is 14.5. The van der Waals surface area contributed by atoms with Gasteiger partial charge in [-0.2, -0.15) is 0 Å². The Balaban J connectivity index is 2.67. The van der Waals surface area contributed by atoms with Gasteiger partial charge in [0, 0.05) is 6.54 Å². The number of hydrogen-bond donors (Lipinski definition) is 3. The topological polar surface area (TPSA) is 122 Å². The zero-order valence-corrected chi connectivity index (χ0v) is 14.5. The molecule has 1 rings (SSSR count). The Kier molecular flexibility index (Phi) is 8.70. The van der Waals surface area contributed by atoms with Crippen molar-refractivity contribution in [1.82, 2.24) is 10.2 Å². The number of carboxylic acid groups (broad SMARTS) is 1. The van der Waals surface area contributed by atoms with Crippen molar-refractivity contribution in [2.75, 3.05) is 19.7 Å². The van der Waals surface area contributed by atoms with E-state index >= 15 is 0 Å². The molecule has 0 spiro atoms. The molecular formula is C16H29N3O5. The minimum absolute atomic E-state index is 0.267. The van der Waals surface area contributed by atoms with Crippen molar-refractivity contribution >= 4 is 17.8 Å². The lowest BCUT2D eigenvalue weighted by Gasteiger charge is -2.27. The van der Waals surface area contributed by atoms with Crippen LogP contribution in [0.4, 0.5) is 0 Å². The second kappa shape index (κ2) is 10.2. The van der Waals surface area contributed by atoms with E-state index in [1.807, 2.05) is 0 Å². The Morgan fingerprint density at radius 2 is 2.08 bits per heavy atom. The van der Waals surface area contributed by atoms with Crippen LogP contribution < -0.4 is 11.1 Å². The highest BCUT2D eigenvalue weighted by Crippen LogP contribution is 2.18. The van der Waals surface area contributed by atoms with Crippen molar-refractivity contribution in [3.05, 3.63) is 0 Å². The number of hydrogen-bond acceptors (Lipinski definition) is 6. The normalized spacial score (nSPS) is 19.8. The van der Waals surface area contributed by atoms with E-state index in [9.17, 15) is 19.5 Å². The minimum atomic E-state index is -0.988. The van der Waals surface area contributed by atoms with Gasteiger partial charge in [-0.1, -0.05) is 6.42 Å². The smallest absolute Gasteiger partial charge is 0.326 e. The van der Waals surface area contributed by atoms with E-state index in [2.05, 4.69) is 5.32 Å². The lowest BCUT2D eigenvalue weighted by Crippen LogP contribution is -2.53. The van der Waals surface area contributed by atoms with Gasteiger partial charge < -0.3 is 20.5 Å². The predicted molar refractivity (Wildman–Crippen MR) is 88.3 cm³/mol. The molecule has 8 heteroatoms. The van der Waals surface area contributed by atoms with E-state index in [4.69, 9.17) is 10.5 Å². The summed E-state index contributed by atoms with van der Waals surface area (Å²) in [6.45, 7) is 4.61. The number of nitrogens with two attached hydrogens (primary N) is 1. The van der Waals surface area contributed by atoms with E-state index in [1.165, 1.54) is 4.90 Å². The Morgan fingerprint density at radius 1 is 1.38 bits per heavy atom. The number of likely N-dealkylation sites (tertiary alicyclic amines) is 1. The number of nitrogens with one attached hydrogen (secondary N) is 1. The molecule has 24 heavy (non-hydrogen) atoms. The fourth-order valence-electron chi connectivity index (χ4n) is 2.91. The van der Waals surface area contributed by atoms with Crippen molar-refractivity contribution in [1.29, 1.82) is 0 Å². The van der Waals surface area contributed by atoms with Crippen molar-refractivity contribution in [2.45, 2.75) is 64.1 Å². The van der Waals surface area contributed by atoms with Crippen molar-refractivity contribution in [3.63, 3.8) is 0 Å². The van der Waals surface area contributed by atoms with Crippen molar-refractivity contribution < 1.29 is 24.2 Å². The molecule has 0 bridgehead atoms. The monoisotopic (exact) mass is 343 g/mol. The van der Waals surface area contributed by atoms with Gasteiger partial charge in [0.2, 0.25) is 5.91 Å². The van der Waals surface area contributed by atoms with E-state index in [0.29, 0.717) is 32.4 Å². The maximum absolute atomic E-state index is 12.5. The van der Waals surface area contributed by atoms with Gasteiger partial charge in [0.25, 0.3) is 0 Å². The van der Waals surface area contributed by atoms with Crippen LogP contribution in [0.1, 0.15) is 46.0 Å². The molecule has 2 unspecified atom stereocenters. The molecule has 0 aliphatic carbocycles. The first-order valence-corrected chi connectivity index (χ1v) is 8.58. The van der Waals surface area contributed by atoms with Crippen LogP contribution in [0.25, 0.3) is 0 Å². The van der Waals surface area contributed by atoms with E-state index in [-0.39, 0.29) is 12.5 Å². The third-order valence-corrected chi connectivity index (χ3v) is 4.16. The second-order valence-electron chi connectivity index (χ2n) is 6.01. The summed E-state index contributed by atoms with van der Waals surface area (Å²) in [4.78, 5) is 37.2. The highest BCUT2D eigenvalue weighted by molar-refractivity contribution is 5.88. The fourth-order valence-corrected chi connectivity index (χ4v) is 2.91. The van der Waals surface area contributed by atoms with E-state index in [1.54, 1.807) is 13.8 Å². The number of carboxylic acids is 1. The van der Waals surface area contributed by atoms with E-state index < -0.39 is 30.1 Å². The second-order valence-corrected chi connectivity index (χ2v) is 6.01. The Morgan fingerprint density at radius 3 is 2.67 bits per heavy atom. The standard InChI is InChI=1S/C16H29N3O5/c1-3-24-16(23)12(7-4-5-9-17)18-11(2)14(20)19-10-6-8-13(19)15(21)22/h11-13,18H,3-10,17H2,1-2H3,(H,21,22)/t11?,12?,13-/m0/s1. The molecule has 1 heterocycles. The molecule has 1 aliphatic rings. The summed E-state index contributed by atoms with van der Waals surface area (Å²) in [5, 5.41) is 12.2. The maximum atomic E-state index is 12.5. The highest BCUT2D eigenvalue weighted by Gasteiger charge is 2.36. The average molecular weight is 343 g/mol. The van der Waals surface area contributed by atoms with Gasteiger partial charge >= 0.3 is 11.9 Å². The molecule has 0 saturated carbocycles. The van der Waals surface area contributed by atoms with Crippen LogP contribution in [0.3, 0.4) is 0 Å². The molecule has 0 aromatic rings. The summed E-state index contributed by atoms with van der Waals surface area (Å²) >= 11 is 0. The molecule has 8 nitrogen and oxygen atoms in total. The lowest BCUT2D eigenvalue weighted by molar-refractivity contribution is -0.150. The number of nitrogens with zero attached hydrogens (tertiary/aromatic N) is 1. The molecule has 0 aromatic heterocycles. The number of amides is 1. The van der Waals surface area contributed by atoms with Crippen LogP contribution in [0.2, 0.25) is 0 Å². The molecule has 1 amide bonds. The SMILES string of the molecule is CCOC(=O)C(CCCCN)NC(C)C(=O)N1CCC[C@H]1C(=O)O. The maximum Gasteiger partial charge on any atom is 0.326 e. The summed E-state index contributed by atoms with van der Waals surface area (Å²) in [6.07, 6.45) is 3.19. The minimum Gasteiger partial charge on any atom is -0.480 e. The number of carbonyl (C=O) groups excluding carboxylic acids is 2. The molecule has 0 radical (unpaired) electrons. The molecule has 1 fully saturated rings. The Bertz CT molecular complexity index is 443. The number of ether oxygens (including phenoxy) is 1. The zero-order chi connectivity index (χ0) is 18.1. The number of unbranched alkanes of at least 4 members (excludes halogenated alkanes) is 1. The first-order chi connectivity index (χ1) is 11.4. The predicted octanol–water partition coefficient (Wildman–Crippen LogP) is 0.101. The number of rotatable bonds is 10. The van der Waals surface area contributed by atoms with Crippen LogP contribution in [-0.4, -0.2) is 65.7 Å². The summed E-state index contributed by atoms with van der Waals surface area (Å²) in [5.74, 6) is -1.68. The molecule has 4 N–H and O–H groups in total. The van der Waals surface area contributed by atoms with Crippen LogP contribution >= 0.6 is 0 Å². The van der Waals surface area contributed by atoms with Gasteiger partial charge in [-0.15, -0.1) is 0 Å². The first kappa shape index (κ1) is 20.4. The van der Waals surface area contributed by atoms with Crippen LogP contribution in [0.15, 0.2) is 0 Å². The van der Waals surface area contributed by atoms with Gasteiger partial charge in [-0.25, -0.2) is 4.79 Å². The van der Waals surface area contributed by atoms with Crippen molar-refractivity contribution in [3.8, 4) is 0 Å². The molecule has 3 atom stereocenters. The molecule has 138 valence electrons. The number of aliphatic carboxylic acids is 1. The summed E-state index contributed by atoms with van der Waals surface area (Å²) in [5.41, 5.74) is 5.47.